The fourth-order valence-electron chi connectivity index (χ4n) is 13.2. The summed E-state index contributed by atoms with van der Waals surface area (Å²) in [5.41, 5.74) is 24.3. The van der Waals surface area contributed by atoms with E-state index >= 15 is 0 Å². The molecule has 11 aromatic rings. The van der Waals surface area contributed by atoms with E-state index in [0.29, 0.717) is 0 Å². The van der Waals surface area contributed by atoms with Crippen LogP contribution in [0, 0.1) is 0 Å². The fraction of sp³-hybridized carbons (Fsp3) is 0.242. The number of anilines is 3. The number of hydrogen-bond acceptors (Lipinski definition) is 3. The van der Waals surface area contributed by atoms with Gasteiger partial charge in [0.25, 0.3) is 0 Å². The highest BCUT2D eigenvalue weighted by molar-refractivity contribution is 7.26. The van der Waals surface area contributed by atoms with Crippen molar-refractivity contribution in [1.29, 1.82) is 0 Å². The maximum atomic E-state index is 7.10. The molecule has 1 N–H and O–H groups in total. The monoisotopic (exact) mass is 938 g/mol. The van der Waals surface area contributed by atoms with Crippen LogP contribution in [-0.4, -0.2) is 12.3 Å². The lowest BCUT2D eigenvalue weighted by Crippen LogP contribution is -2.41. The third kappa shape index (κ3) is 6.40. The number of para-hydroxylation sites is 2. The molecule has 1 aliphatic heterocycles. The van der Waals surface area contributed by atoms with Gasteiger partial charge in [0, 0.05) is 43.2 Å². The van der Waals surface area contributed by atoms with Crippen LogP contribution in [0.5, 0.6) is 0 Å². The number of furan rings is 1. The third-order valence-corrected chi connectivity index (χ3v) is 18.8. The predicted molar refractivity (Wildman–Crippen MR) is 306 cm³/mol. The summed E-state index contributed by atoms with van der Waals surface area (Å²) in [7, 11) is 0.758. The molecule has 4 heterocycles. The second-order valence-electron chi connectivity index (χ2n) is 23.8. The summed E-state index contributed by atoms with van der Waals surface area (Å²) < 4.78 is 9.72. The quantitative estimate of drug-likeness (QED) is 0.178. The van der Waals surface area contributed by atoms with Crippen molar-refractivity contribution in [1.82, 2.24) is 4.98 Å². The Bertz CT molecular complexity index is 4040. The van der Waals surface area contributed by atoms with Gasteiger partial charge in [0.05, 0.1) is 21.4 Å². The van der Waals surface area contributed by atoms with Crippen LogP contribution in [-0.2, 0) is 21.7 Å². The molecule has 3 nitrogen and oxygen atoms in total. The summed E-state index contributed by atoms with van der Waals surface area (Å²) in [6.45, 7) is 19.4. The molecule has 0 radical (unpaired) electrons. The largest absolute Gasteiger partial charge is 0.454 e. The molecule has 0 saturated carbocycles. The summed E-state index contributed by atoms with van der Waals surface area (Å²) in [4.78, 5) is 6.53. The van der Waals surface area contributed by atoms with Gasteiger partial charge < -0.3 is 14.3 Å². The number of fused-ring (bicyclic) bond motifs is 13. The molecule has 14 rings (SSSR count). The first-order chi connectivity index (χ1) is 34.1. The molecule has 0 saturated heterocycles. The fourth-order valence-corrected chi connectivity index (χ4v) is 14.4. The van der Waals surface area contributed by atoms with Gasteiger partial charge in [0.1, 0.15) is 5.58 Å². The summed E-state index contributed by atoms with van der Waals surface area (Å²) >= 11 is 1.88. The Morgan fingerprint density at radius 3 is 1.77 bits per heavy atom. The Hall–Kier alpha value is -6.82. The molecule has 8 aromatic carbocycles. The molecule has 0 bridgehead atoms. The molecule has 3 aliphatic rings. The van der Waals surface area contributed by atoms with Gasteiger partial charge in [-0.15, -0.1) is 11.3 Å². The predicted octanol–water partition coefficient (Wildman–Crippen LogP) is 17.3. The van der Waals surface area contributed by atoms with Crippen molar-refractivity contribution >= 4 is 99.7 Å². The zero-order chi connectivity index (χ0) is 48.3. The maximum absolute atomic E-state index is 7.10. The summed E-state index contributed by atoms with van der Waals surface area (Å²) in [6.07, 6.45) is 4.80. The minimum Gasteiger partial charge on any atom is -0.454 e. The number of aromatic nitrogens is 1. The number of thiophene rings is 1. The second-order valence-corrected chi connectivity index (χ2v) is 24.9. The molecule has 5 heteroatoms. The average molecular weight is 939 g/mol. The Balaban J connectivity index is 0.998. The summed E-state index contributed by atoms with van der Waals surface area (Å²) in [5, 5.41) is 4.81. The van der Waals surface area contributed by atoms with Crippen molar-refractivity contribution in [3.63, 3.8) is 0 Å². The van der Waals surface area contributed by atoms with Gasteiger partial charge in [-0.3, -0.25) is 0 Å². The van der Waals surface area contributed by atoms with Crippen molar-refractivity contribution in [3.05, 3.63) is 174 Å². The number of benzene rings is 8. The number of H-pyrrole nitrogens is 1. The van der Waals surface area contributed by atoms with Crippen molar-refractivity contribution in [2.45, 2.75) is 103 Å². The average Bonchev–Trinajstić information content (AvgIpc) is 4.06. The van der Waals surface area contributed by atoms with Crippen molar-refractivity contribution in [2.75, 3.05) is 4.90 Å². The van der Waals surface area contributed by atoms with Gasteiger partial charge in [-0.05, 0) is 139 Å². The highest BCUT2D eigenvalue weighted by atomic mass is 32.1. The summed E-state index contributed by atoms with van der Waals surface area (Å²) in [6, 6.07) is 57.9. The molecule has 0 amide bonds. The van der Waals surface area contributed by atoms with Gasteiger partial charge in [0.15, 0.2) is 12.9 Å². The van der Waals surface area contributed by atoms with Crippen LogP contribution in [0.25, 0.3) is 86.5 Å². The first-order valence-electron chi connectivity index (χ1n) is 25.9. The van der Waals surface area contributed by atoms with Crippen LogP contribution in [0.15, 0.2) is 156 Å². The third-order valence-electron chi connectivity index (χ3n) is 17.6. The molecule has 0 fully saturated rings. The molecular formula is C66H59BN2OS. The zero-order valence-electron chi connectivity index (χ0n) is 42.2. The Labute approximate surface area is 421 Å². The van der Waals surface area contributed by atoms with Gasteiger partial charge in [-0.2, -0.15) is 0 Å². The molecule has 348 valence electrons. The highest BCUT2D eigenvalue weighted by Crippen LogP contribution is 2.51. The lowest BCUT2D eigenvalue weighted by molar-refractivity contribution is 0.332. The van der Waals surface area contributed by atoms with E-state index in [0.717, 1.165) is 40.6 Å². The highest BCUT2D eigenvalue weighted by Gasteiger charge is 2.39. The van der Waals surface area contributed by atoms with Crippen molar-refractivity contribution in [3.8, 4) is 33.4 Å². The van der Waals surface area contributed by atoms with E-state index in [4.69, 9.17) is 4.42 Å². The van der Waals surface area contributed by atoms with Crippen LogP contribution in [0.4, 0.5) is 17.1 Å². The van der Waals surface area contributed by atoms with Gasteiger partial charge in [-0.25, -0.2) is 0 Å². The van der Waals surface area contributed by atoms with Crippen LogP contribution >= 0.6 is 11.3 Å². The van der Waals surface area contributed by atoms with Crippen LogP contribution < -0.4 is 15.8 Å². The normalized spacial score (nSPS) is 17.3. The number of hydrogen-bond donors (Lipinski definition) is 1. The van der Waals surface area contributed by atoms with Gasteiger partial charge in [0.2, 0.25) is 0 Å². The van der Waals surface area contributed by atoms with E-state index in [1.165, 1.54) is 129 Å². The smallest absolute Gasteiger partial charge is 0.198 e. The number of aromatic amines is 1. The Morgan fingerprint density at radius 2 is 1.07 bits per heavy atom. The molecule has 2 aliphatic carbocycles. The second kappa shape index (κ2) is 14.9. The molecule has 71 heavy (non-hydrogen) atoms. The van der Waals surface area contributed by atoms with Crippen molar-refractivity contribution < 1.29 is 4.42 Å². The van der Waals surface area contributed by atoms with Crippen LogP contribution in [0.3, 0.4) is 0 Å². The minimum absolute atomic E-state index is 0.120. The van der Waals surface area contributed by atoms with Crippen LogP contribution in [0.1, 0.15) is 103 Å². The molecule has 0 unspecified atom stereocenters. The first kappa shape index (κ1) is 43.0. The van der Waals surface area contributed by atoms with Gasteiger partial charge in [-0.1, -0.05) is 176 Å². The van der Waals surface area contributed by atoms with E-state index in [1.54, 1.807) is 0 Å². The van der Waals surface area contributed by atoms with E-state index in [9.17, 15) is 0 Å². The molecule has 3 aromatic heterocycles. The number of nitrogens with one attached hydrogen (secondary N) is 1. The van der Waals surface area contributed by atoms with Gasteiger partial charge >= 0.3 is 0 Å². The van der Waals surface area contributed by atoms with E-state index in [2.05, 4.69) is 217 Å². The minimum atomic E-state index is 0.120. The zero-order valence-corrected chi connectivity index (χ0v) is 43.0. The number of rotatable bonds is 4. The summed E-state index contributed by atoms with van der Waals surface area (Å²) in [5.74, 6) is 0. The number of nitrogens with zero attached hydrogens (tertiary/aromatic N) is 1. The molecule has 0 spiro atoms. The van der Waals surface area contributed by atoms with Crippen LogP contribution in [0.2, 0.25) is 0 Å². The standard InChI is InChI=1S/C66H59BN2OS/c1-63(2)30-32-65(5,6)51-34-39(22-27-49(51)63)38-20-25-42(26-21-38)69-54-29-24-41(40-23-28-50-52(35-40)66(7,8)33-31-64(50,3)4)36-53(54)67-57-47(37-48-43-14-9-11-18-55(43)70-61(48)60(57)69)44-16-13-17-46-58(44)68-59-45-15-10-12-19-56(45)71-62(46)59/h9-29,34-37,67-68H,30-33H2,1-8H3. The maximum Gasteiger partial charge on any atom is 0.198 e. The topological polar surface area (TPSA) is 32.2 Å². The van der Waals surface area contributed by atoms with Crippen molar-refractivity contribution in [2.24, 2.45) is 0 Å². The molecular weight excluding hydrogens is 880 g/mol. The van der Waals surface area contributed by atoms with E-state index in [1.807, 2.05) is 11.3 Å². The van der Waals surface area contributed by atoms with E-state index in [-0.39, 0.29) is 21.7 Å². The lowest BCUT2D eigenvalue weighted by atomic mass is 9.57. The van der Waals surface area contributed by atoms with E-state index < -0.39 is 0 Å². The Morgan fingerprint density at radius 1 is 0.493 bits per heavy atom. The SMILES string of the molecule is CC1(C)CCC(C)(C)c2cc(-c3ccc(N4c5ccc(-c6ccc7c(c6)C(C)(C)CCC7(C)C)cc5Bc5c(-c6cccc7c6[nH]c6c8ccccc8sc76)cc6c(oc7ccccc76)c54)cc3)ccc21. The Kier molecular flexibility index (Phi) is 9.01. The molecule has 0 atom stereocenters. The lowest BCUT2D eigenvalue weighted by Gasteiger charge is -2.42. The first-order valence-corrected chi connectivity index (χ1v) is 26.7.